The predicted molar refractivity (Wildman–Crippen MR) is 69.6 cm³/mol. The normalized spacial score (nSPS) is 10.4. The summed E-state index contributed by atoms with van der Waals surface area (Å²) in [4.78, 5) is 8.77. The summed E-state index contributed by atoms with van der Waals surface area (Å²) < 4.78 is 0. The van der Waals surface area contributed by atoms with Gasteiger partial charge in [0, 0.05) is 11.3 Å². The van der Waals surface area contributed by atoms with Gasteiger partial charge in [-0.25, -0.2) is 9.97 Å². The second-order valence-corrected chi connectivity index (χ2v) is 4.15. The van der Waals surface area contributed by atoms with Gasteiger partial charge in [0.25, 0.3) is 0 Å². The number of thiol groups is 1. The molecule has 0 spiro atoms. The van der Waals surface area contributed by atoms with E-state index in [1.165, 1.54) is 5.56 Å². The minimum Gasteiger partial charge on any atom is -0.237 e. The van der Waals surface area contributed by atoms with E-state index in [9.17, 15) is 0 Å². The van der Waals surface area contributed by atoms with Crippen molar-refractivity contribution >= 4 is 12.6 Å². The van der Waals surface area contributed by atoms with Gasteiger partial charge in [0.15, 0.2) is 0 Å². The second-order valence-electron chi connectivity index (χ2n) is 3.83. The number of rotatable bonds is 2. The third kappa shape index (κ3) is 2.42. The van der Waals surface area contributed by atoms with Crippen LogP contribution in [0.2, 0.25) is 0 Å². The van der Waals surface area contributed by atoms with Crippen LogP contribution in [0.1, 0.15) is 17.1 Å². The molecular weight excluding hydrogens is 216 g/mol. The first-order chi connectivity index (χ1) is 7.69. The van der Waals surface area contributed by atoms with Crippen molar-refractivity contribution in [3.05, 3.63) is 47.4 Å². The van der Waals surface area contributed by atoms with Gasteiger partial charge in [0.2, 0.25) is 0 Å². The van der Waals surface area contributed by atoms with E-state index in [1.54, 1.807) is 0 Å². The van der Waals surface area contributed by atoms with Gasteiger partial charge in [0.05, 0.1) is 11.4 Å². The molecule has 0 aliphatic carbocycles. The lowest BCUT2D eigenvalue weighted by molar-refractivity contribution is 1.00. The maximum absolute atomic E-state index is 4.46. The fourth-order valence-electron chi connectivity index (χ4n) is 1.57. The van der Waals surface area contributed by atoms with E-state index < -0.39 is 0 Å². The largest absolute Gasteiger partial charge is 0.237 e. The standard InChI is InChI=1S/C13H14N2S/c1-9-3-5-11(6-4-9)12-7-10(2)14-13(8-16)15-12/h3-7,16H,8H2,1-2H3. The van der Waals surface area contributed by atoms with Gasteiger partial charge < -0.3 is 0 Å². The van der Waals surface area contributed by atoms with Gasteiger partial charge >= 0.3 is 0 Å². The molecular formula is C13H14N2S. The maximum Gasteiger partial charge on any atom is 0.138 e. The van der Waals surface area contributed by atoms with Crippen molar-refractivity contribution in [3.8, 4) is 11.3 Å². The van der Waals surface area contributed by atoms with E-state index in [0.29, 0.717) is 5.75 Å². The molecule has 0 aliphatic rings. The van der Waals surface area contributed by atoms with Crippen molar-refractivity contribution in [2.45, 2.75) is 19.6 Å². The zero-order valence-electron chi connectivity index (χ0n) is 9.44. The molecule has 0 fully saturated rings. The molecule has 0 N–H and O–H groups in total. The van der Waals surface area contributed by atoms with Gasteiger partial charge in [-0.15, -0.1) is 0 Å². The maximum atomic E-state index is 4.46. The zero-order valence-corrected chi connectivity index (χ0v) is 10.3. The van der Waals surface area contributed by atoms with Gasteiger partial charge in [-0.2, -0.15) is 12.6 Å². The molecule has 3 heteroatoms. The first kappa shape index (κ1) is 11.1. The summed E-state index contributed by atoms with van der Waals surface area (Å²) in [5.41, 5.74) is 4.33. The van der Waals surface area contributed by atoms with Gasteiger partial charge in [-0.1, -0.05) is 29.8 Å². The smallest absolute Gasteiger partial charge is 0.138 e. The molecule has 16 heavy (non-hydrogen) atoms. The van der Waals surface area contributed by atoms with Crippen LogP contribution in [0.4, 0.5) is 0 Å². The van der Waals surface area contributed by atoms with E-state index in [1.807, 2.05) is 13.0 Å². The van der Waals surface area contributed by atoms with Crippen molar-refractivity contribution in [1.82, 2.24) is 9.97 Å². The van der Waals surface area contributed by atoms with E-state index in [2.05, 4.69) is 53.8 Å². The number of benzene rings is 1. The average Bonchev–Trinajstić information content (AvgIpc) is 2.29. The summed E-state index contributed by atoms with van der Waals surface area (Å²) in [5.74, 6) is 1.35. The van der Waals surface area contributed by atoms with Crippen LogP contribution in [-0.2, 0) is 5.75 Å². The van der Waals surface area contributed by atoms with Gasteiger partial charge in [-0.3, -0.25) is 0 Å². The lowest BCUT2D eigenvalue weighted by Gasteiger charge is -2.04. The van der Waals surface area contributed by atoms with Crippen LogP contribution in [0.5, 0.6) is 0 Å². The van der Waals surface area contributed by atoms with Crippen LogP contribution in [0, 0.1) is 13.8 Å². The highest BCUT2D eigenvalue weighted by Crippen LogP contribution is 2.18. The summed E-state index contributed by atoms with van der Waals surface area (Å²) in [7, 11) is 0. The summed E-state index contributed by atoms with van der Waals surface area (Å²) in [5, 5.41) is 0. The molecule has 2 rings (SSSR count). The summed E-state index contributed by atoms with van der Waals surface area (Å²) in [6.07, 6.45) is 0. The summed E-state index contributed by atoms with van der Waals surface area (Å²) in [6.45, 7) is 4.06. The number of aromatic nitrogens is 2. The molecule has 1 aromatic heterocycles. The Kier molecular flexibility index (Phi) is 3.25. The monoisotopic (exact) mass is 230 g/mol. The Morgan fingerprint density at radius 1 is 1.06 bits per heavy atom. The second kappa shape index (κ2) is 4.66. The molecule has 0 bridgehead atoms. The highest BCUT2D eigenvalue weighted by Gasteiger charge is 2.03. The summed E-state index contributed by atoms with van der Waals surface area (Å²) >= 11 is 4.21. The molecule has 2 nitrogen and oxygen atoms in total. The Morgan fingerprint density at radius 3 is 2.38 bits per heavy atom. The number of nitrogens with zero attached hydrogens (tertiary/aromatic N) is 2. The number of aryl methyl sites for hydroxylation is 2. The lowest BCUT2D eigenvalue weighted by Crippen LogP contribution is -1.96. The molecule has 1 aromatic carbocycles. The molecule has 82 valence electrons. The molecule has 0 radical (unpaired) electrons. The van der Waals surface area contributed by atoms with E-state index in [-0.39, 0.29) is 0 Å². The zero-order chi connectivity index (χ0) is 11.5. The van der Waals surface area contributed by atoms with Crippen LogP contribution < -0.4 is 0 Å². The fraction of sp³-hybridized carbons (Fsp3) is 0.231. The molecule has 0 atom stereocenters. The third-order valence-electron chi connectivity index (χ3n) is 2.39. The summed E-state index contributed by atoms with van der Waals surface area (Å²) in [6, 6.07) is 10.3. The van der Waals surface area contributed by atoms with Crippen molar-refractivity contribution in [3.63, 3.8) is 0 Å². The lowest BCUT2D eigenvalue weighted by atomic mass is 10.1. The molecule has 1 heterocycles. The topological polar surface area (TPSA) is 25.8 Å². The van der Waals surface area contributed by atoms with Crippen LogP contribution in [0.3, 0.4) is 0 Å². The average molecular weight is 230 g/mol. The van der Waals surface area contributed by atoms with E-state index in [0.717, 1.165) is 22.8 Å². The Balaban J connectivity index is 2.47. The molecule has 0 aliphatic heterocycles. The van der Waals surface area contributed by atoms with E-state index >= 15 is 0 Å². The highest BCUT2D eigenvalue weighted by molar-refractivity contribution is 7.79. The van der Waals surface area contributed by atoms with Crippen molar-refractivity contribution in [2.75, 3.05) is 0 Å². The van der Waals surface area contributed by atoms with Gasteiger partial charge in [0.1, 0.15) is 5.82 Å². The Labute approximate surface area is 101 Å². The van der Waals surface area contributed by atoms with Crippen LogP contribution in [0.15, 0.2) is 30.3 Å². The first-order valence-electron chi connectivity index (χ1n) is 5.21. The molecule has 0 saturated carbocycles. The third-order valence-corrected chi connectivity index (χ3v) is 2.67. The Bertz CT molecular complexity index is 492. The van der Waals surface area contributed by atoms with E-state index in [4.69, 9.17) is 0 Å². The van der Waals surface area contributed by atoms with Crippen molar-refractivity contribution in [2.24, 2.45) is 0 Å². The number of hydrogen-bond acceptors (Lipinski definition) is 3. The SMILES string of the molecule is Cc1ccc(-c2cc(C)nc(CS)n2)cc1. The molecule has 0 saturated heterocycles. The van der Waals surface area contributed by atoms with Crippen molar-refractivity contribution in [1.29, 1.82) is 0 Å². The quantitative estimate of drug-likeness (QED) is 0.802. The van der Waals surface area contributed by atoms with Crippen molar-refractivity contribution < 1.29 is 0 Å². The van der Waals surface area contributed by atoms with Gasteiger partial charge in [-0.05, 0) is 19.9 Å². The van der Waals surface area contributed by atoms with Crippen LogP contribution >= 0.6 is 12.6 Å². The number of hydrogen-bond donors (Lipinski definition) is 1. The fourth-order valence-corrected chi connectivity index (χ4v) is 1.71. The molecule has 0 unspecified atom stereocenters. The Morgan fingerprint density at radius 2 is 1.75 bits per heavy atom. The van der Waals surface area contributed by atoms with Crippen LogP contribution in [-0.4, -0.2) is 9.97 Å². The predicted octanol–water partition coefficient (Wildman–Crippen LogP) is 3.19. The molecule has 0 amide bonds. The minimum absolute atomic E-state index is 0.570. The molecule has 2 aromatic rings. The highest BCUT2D eigenvalue weighted by atomic mass is 32.1. The van der Waals surface area contributed by atoms with Crippen LogP contribution in [0.25, 0.3) is 11.3 Å². The minimum atomic E-state index is 0.570. The first-order valence-corrected chi connectivity index (χ1v) is 5.85. The Hall–Kier alpha value is -1.35.